The van der Waals surface area contributed by atoms with Gasteiger partial charge in [-0.15, -0.1) is 0 Å². The highest BCUT2D eigenvalue weighted by molar-refractivity contribution is 7.81. The molecule has 138 valence electrons. The zero-order chi connectivity index (χ0) is 19.7. The SMILES string of the molecule is Cc1ccc2cc(Nc3ccc(C(=S)c4ccccc4C)c(Cl)c3)ccc2n1. The van der Waals surface area contributed by atoms with Crippen molar-refractivity contribution in [3.63, 3.8) is 0 Å². The van der Waals surface area contributed by atoms with Crippen LogP contribution in [0.25, 0.3) is 10.9 Å². The fraction of sp³-hybridized carbons (Fsp3) is 0.0833. The Bertz CT molecular complexity index is 1200. The van der Waals surface area contributed by atoms with E-state index in [1.165, 1.54) is 0 Å². The number of pyridine rings is 1. The van der Waals surface area contributed by atoms with Gasteiger partial charge in [0.05, 0.1) is 15.4 Å². The maximum atomic E-state index is 6.57. The summed E-state index contributed by atoms with van der Waals surface area (Å²) < 4.78 is 0. The van der Waals surface area contributed by atoms with E-state index in [1.807, 2.05) is 61.5 Å². The van der Waals surface area contributed by atoms with Gasteiger partial charge in [0.25, 0.3) is 0 Å². The van der Waals surface area contributed by atoms with E-state index in [0.29, 0.717) is 5.02 Å². The smallest absolute Gasteiger partial charge is 0.0706 e. The summed E-state index contributed by atoms with van der Waals surface area (Å²) in [7, 11) is 0. The van der Waals surface area contributed by atoms with E-state index in [0.717, 1.165) is 49.5 Å². The second-order valence-electron chi connectivity index (χ2n) is 6.82. The topological polar surface area (TPSA) is 24.9 Å². The van der Waals surface area contributed by atoms with Gasteiger partial charge in [-0.2, -0.15) is 0 Å². The van der Waals surface area contributed by atoms with Gasteiger partial charge in [0.2, 0.25) is 0 Å². The highest BCUT2D eigenvalue weighted by Crippen LogP contribution is 2.28. The molecule has 28 heavy (non-hydrogen) atoms. The number of thiocarbonyl (C=S) groups is 1. The molecule has 0 bridgehead atoms. The highest BCUT2D eigenvalue weighted by Gasteiger charge is 2.11. The van der Waals surface area contributed by atoms with Gasteiger partial charge in [-0.05, 0) is 67.4 Å². The summed E-state index contributed by atoms with van der Waals surface area (Å²) in [6, 6.07) is 24.2. The molecule has 2 nitrogen and oxygen atoms in total. The Labute approximate surface area is 175 Å². The van der Waals surface area contributed by atoms with Gasteiger partial charge >= 0.3 is 0 Å². The van der Waals surface area contributed by atoms with E-state index in [9.17, 15) is 0 Å². The van der Waals surface area contributed by atoms with Crippen molar-refractivity contribution in [3.8, 4) is 0 Å². The van der Waals surface area contributed by atoms with Crippen LogP contribution in [0, 0.1) is 13.8 Å². The first-order chi connectivity index (χ1) is 13.5. The number of aromatic nitrogens is 1. The predicted molar refractivity (Wildman–Crippen MR) is 123 cm³/mol. The number of nitrogens with one attached hydrogen (secondary N) is 1. The summed E-state index contributed by atoms with van der Waals surface area (Å²) in [6.07, 6.45) is 0. The third-order valence-electron chi connectivity index (χ3n) is 4.72. The maximum absolute atomic E-state index is 6.57. The number of halogens is 1. The van der Waals surface area contributed by atoms with Gasteiger partial charge < -0.3 is 5.32 Å². The molecule has 0 aliphatic rings. The largest absolute Gasteiger partial charge is 0.355 e. The minimum absolute atomic E-state index is 0.635. The summed E-state index contributed by atoms with van der Waals surface area (Å²) in [4.78, 5) is 5.31. The predicted octanol–water partition coefficient (Wildman–Crippen LogP) is 7.01. The summed E-state index contributed by atoms with van der Waals surface area (Å²) in [5.41, 5.74) is 6.96. The summed E-state index contributed by atoms with van der Waals surface area (Å²) in [6.45, 7) is 4.05. The van der Waals surface area contributed by atoms with Gasteiger partial charge in [0.15, 0.2) is 0 Å². The van der Waals surface area contributed by atoms with Gasteiger partial charge in [0, 0.05) is 28.0 Å². The van der Waals surface area contributed by atoms with Crippen molar-refractivity contribution in [1.82, 2.24) is 4.98 Å². The molecule has 1 heterocycles. The molecule has 3 aromatic carbocycles. The third-order valence-corrected chi connectivity index (χ3v) is 5.47. The van der Waals surface area contributed by atoms with Gasteiger partial charge in [-0.3, -0.25) is 4.98 Å². The normalized spacial score (nSPS) is 10.8. The lowest BCUT2D eigenvalue weighted by atomic mass is 10.00. The van der Waals surface area contributed by atoms with E-state index >= 15 is 0 Å². The molecule has 0 saturated heterocycles. The molecule has 4 rings (SSSR count). The van der Waals surface area contributed by atoms with Crippen molar-refractivity contribution in [2.45, 2.75) is 13.8 Å². The van der Waals surface area contributed by atoms with E-state index in [2.05, 4.69) is 35.4 Å². The van der Waals surface area contributed by atoms with Crippen LogP contribution in [0.3, 0.4) is 0 Å². The second kappa shape index (κ2) is 7.70. The molecule has 0 radical (unpaired) electrons. The molecule has 0 spiro atoms. The van der Waals surface area contributed by atoms with Crippen LogP contribution in [0.4, 0.5) is 11.4 Å². The van der Waals surface area contributed by atoms with E-state index in [1.54, 1.807) is 0 Å². The van der Waals surface area contributed by atoms with E-state index < -0.39 is 0 Å². The summed E-state index contributed by atoms with van der Waals surface area (Å²) >= 11 is 12.3. The molecule has 0 unspecified atom stereocenters. The number of hydrogen-bond donors (Lipinski definition) is 1. The molecule has 4 aromatic rings. The first kappa shape index (κ1) is 18.6. The van der Waals surface area contributed by atoms with Gasteiger partial charge in [-0.1, -0.05) is 54.2 Å². The molecule has 4 heteroatoms. The van der Waals surface area contributed by atoms with Crippen LogP contribution in [0.2, 0.25) is 5.02 Å². The minimum Gasteiger partial charge on any atom is -0.355 e. The Balaban J connectivity index is 1.60. The third kappa shape index (κ3) is 3.77. The van der Waals surface area contributed by atoms with Crippen LogP contribution >= 0.6 is 23.8 Å². The van der Waals surface area contributed by atoms with Crippen LogP contribution in [-0.4, -0.2) is 9.85 Å². The molecular weight excluding hydrogens is 384 g/mol. The Kier molecular flexibility index (Phi) is 5.12. The number of rotatable bonds is 4. The lowest BCUT2D eigenvalue weighted by Crippen LogP contribution is -2.03. The van der Waals surface area contributed by atoms with Crippen molar-refractivity contribution in [2.24, 2.45) is 0 Å². The molecular formula is C24H19ClN2S. The Morgan fingerprint density at radius 3 is 2.39 bits per heavy atom. The number of nitrogens with zero attached hydrogens (tertiary/aromatic N) is 1. The fourth-order valence-corrected chi connectivity index (χ4v) is 3.96. The Hall–Kier alpha value is -2.75. The zero-order valence-corrected chi connectivity index (χ0v) is 17.2. The van der Waals surface area contributed by atoms with Crippen LogP contribution < -0.4 is 5.32 Å². The molecule has 0 fully saturated rings. The minimum atomic E-state index is 0.635. The average Bonchev–Trinajstić information content (AvgIpc) is 2.68. The lowest BCUT2D eigenvalue weighted by molar-refractivity contribution is 1.26. The van der Waals surface area contributed by atoms with Crippen molar-refractivity contribution in [1.29, 1.82) is 0 Å². The highest BCUT2D eigenvalue weighted by atomic mass is 35.5. The van der Waals surface area contributed by atoms with Crippen LogP contribution in [0.15, 0.2) is 72.8 Å². The standard InChI is InChI=1S/C24H19ClN2S/c1-15-5-3-4-6-20(15)24(28)21-11-9-19(14-22(21)25)27-18-10-12-23-17(13-18)8-7-16(2)26-23/h3-14,27H,1-2H3. The molecule has 0 aliphatic heterocycles. The van der Waals surface area contributed by atoms with Gasteiger partial charge in [-0.25, -0.2) is 0 Å². The van der Waals surface area contributed by atoms with Crippen LogP contribution in [0.1, 0.15) is 22.4 Å². The number of fused-ring (bicyclic) bond motifs is 1. The average molecular weight is 403 g/mol. The molecule has 1 aromatic heterocycles. The lowest BCUT2D eigenvalue weighted by Gasteiger charge is -2.12. The molecule has 0 atom stereocenters. The van der Waals surface area contributed by atoms with Crippen molar-refractivity contribution < 1.29 is 0 Å². The van der Waals surface area contributed by atoms with Crippen LogP contribution in [0.5, 0.6) is 0 Å². The number of hydrogen-bond acceptors (Lipinski definition) is 3. The van der Waals surface area contributed by atoms with Crippen molar-refractivity contribution in [2.75, 3.05) is 5.32 Å². The molecule has 0 saturated carbocycles. The monoisotopic (exact) mass is 402 g/mol. The quantitative estimate of drug-likeness (QED) is 0.293. The van der Waals surface area contributed by atoms with Crippen molar-refractivity contribution >= 4 is 51.0 Å². The zero-order valence-electron chi connectivity index (χ0n) is 15.7. The summed E-state index contributed by atoms with van der Waals surface area (Å²) in [5, 5.41) is 5.15. The van der Waals surface area contributed by atoms with Gasteiger partial charge in [0.1, 0.15) is 0 Å². The second-order valence-corrected chi connectivity index (χ2v) is 7.64. The molecule has 0 amide bonds. The van der Waals surface area contributed by atoms with Crippen LogP contribution in [-0.2, 0) is 0 Å². The first-order valence-electron chi connectivity index (χ1n) is 9.05. The number of anilines is 2. The number of aryl methyl sites for hydroxylation is 2. The number of benzene rings is 3. The summed E-state index contributed by atoms with van der Waals surface area (Å²) in [5.74, 6) is 0. The molecule has 1 N–H and O–H groups in total. The molecule has 0 aliphatic carbocycles. The van der Waals surface area contributed by atoms with E-state index in [4.69, 9.17) is 23.8 Å². The fourth-order valence-electron chi connectivity index (χ4n) is 3.22. The maximum Gasteiger partial charge on any atom is 0.0706 e. The van der Waals surface area contributed by atoms with Crippen molar-refractivity contribution in [3.05, 3.63) is 100 Å². The Morgan fingerprint density at radius 2 is 1.61 bits per heavy atom. The Morgan fingerprint density at radius 1 is 0.857 bits per heavy atom. The van der Waals surface area contributed by atoms with E-state index in [-0.39, 0.29) is 0 Å². The first-order valence-corrected chi connectivity index (χ1v) is 9.84.